The summed E-state index contributed by atoms with van der Waals surface area (Å²) in [6, 6.07) is 6.84. The third kappa shape index (κ3) is 4.14. The minimum absolute atomic E-state index is 0.104. The first-order valence-corrected chi connectivity index (χ1v) is 5.47. The Morgan fingerprint density at radius 2 is 1.82 bits per heavy atom. The van der Waals surface area contributed by atoms with Crippen molar-refractivity contribution in [3.8, 4) is 0 Å². The Labute approximate surface area is 100 Å². The summed E-state index contributed by atoms with van der Waals surface area (Å²) >= 11 is 0. The van der Waals surface area contributed by atoms with Crippen LogP contribution in [0.2, 0.25) is 0 Å². The summed E-state index contributed by atoms with van der Waals surface area (Å²) in [6.07, 6.45) is 0. The number of carbonyl (C=O) groups excluding carboxylic acids is 1. The highest BCUT2D eigenvalue weighted by atomic mass is 16.3. The second kappa shape index (κ2) is 7.01. The molecule has 0 bridgehead atoms. The number of rotatable bonds is 6. The predicted octanol–water partition coefficient (Wildman–Crippen LogP) is -0.511. The summed E-state index contributed by atoms with van der Waals surface area (Å²) in [5.74, 6) is -0.117. The van der Waals surface area contributed by atoms with Crippen molar-refractivity contribution in [3.63, 3.8) is 0 Å². The van der Waals surface area contributed by atoms with Gasteiger partial charge in [0.15, 0.2) is 0 Å². The van der Waals surface area contributed by atoms with Crippen molar-refractivity contribution in [2.45, 2.75) is 12.6 Å². The molecule has 0 spiro atoms. The van der Waals surface area contributed by atoms with Crippen LogP contribution in [0.5, 0.6) is 0 Å². The van der Waals surface area contributed by atoms with Gasteiger partial charge < -0.3 is 20.8 Å². The largest absolute Gasteiger partial charge is 0.395 e. The van der Waals surface area contributed by atoms with E-state index in [0.717, 1.165) is 5.56 Å². The molecule has 0 saturated heterocycles. The van der Waals surface area contributed by atoms with Crippen molar-refractivity contribution in [3.05, 3.63) is 35.4 Å². The van der Waals surface area contributed by atoms with Crippen molar-refractivity contribution in [1.82, 2.24) is 10.6 Å². The topological polar surface area (TPSA) is 81.6 Å². The Bertz CT molecular complexity index is 347. The van der Waals surface area contributed by atoms with E-state index < -0.39 is 0 Å². The van der Waals surface area contributed by atoms with E-state index in [4.69, 9.17) is 10.2 Å². The van der Waals surface area contributed by atoms with E-state index in [1.165, 1.54) is 0 Å². The van der Waals surface area contributed by atoms with Crippen LogP contribution in [0.1, 0.15) is 15.9 Å². The second-order valence-corrected chi connectivity index (χ2v) is 3.72. The Morgan fingerprint density at radius 3 is 2.29 bits per heavy atom. The lowest BCUT2D eigenvalue weighted by molar-refractivity contribution is 0.0963. The van der Waals surface area contributed by atoms with Crippen LogP contribution in [0.4, 0.5) is 0 Å². The monoisotopic (exact) mass is 238 g/mol. The van der Waals surface area contributed by atoms with E-state index in [2.05, 4.69) is 10.6 Å². The van der Waals surface area contributed by atoms with Crippen LogP contribution in [0.25, 0.3) is 0 Å². The molecule has 1 aromatic carbocycles. The molecule has 0 aliphatic carbocycles. The zero-order chi connectivity index (χ0) is 12.7. The summed E-state index contributed by atoms with van der Waals surface area (Å²) in [5, 5.41) is 23.3. The average molecular weight is 238 g/mol. The molecule has 17 heavy (non-hydrogen) atoms. The van der Waals surface area contributed by atoms with Gasteiger partial charge >= 0.3 is 0 Å². The fraction of sp³-hybridized carbons (Fsp3) is 0.417. The lowest BCUT2D eigenvalue weighted by Gasteiger charge is -2.13. The molecule has 0 radical (unpaired) electrons. The Balaban J connectivity index is 2.53. The number of benzene rings is 1. The molecule has 0 aromatic heterocycles. The van der Waals surface area contributed by atoms with Crippen LogP contribution in [-0.2, 0) is 6.54 Å². The zero-order valence-corrected chi connectivity index (χ0v) is 9.81. The van der Waals surface area contributed by atoms with Crippen molar-refractivity contribution in [2.24, 2.45) is 0 Å². The van der Waals surface area contributed by atoms with E-state index in [0.29, 0.717) is 12.1 Å². The Kier molecular flexibility index (Phi) is 5.62. The first-order chi connectivity index (χ1) is 8.21. The number of aliphatic hydroxyl groups excluding tert-OH is 2. The van der Waals surface area contributed by atoms with Gasteiger partial charge in [-0.2, -0.15) is 0 Å². The molecule has 0 heterocycles. The van der Waals surface area contributed by atoms with Gasteiger partial charge in [0.25, 0.3) is 5.91 Å². The molecular formula is C12H18N2O3. The van der Waals surface area contributed by atoms with Crippen molar-refractivity contribution in [2.75, 3.05) is 20.3 Å². The quantitative estimate of drug-likeness (QED) is 0.538. The molecule has 5 nitrogen and oxygen atoms in total. The van der Waals surface area contributed by atoms with Crippen LogP contribution in [0, 0.1) is 0 Å². The number of amides is 1. The fourth-order valence-electron chi connectivity index (χ4n) is 1.37. The molecule has 94 valence electrons. The van der Waals surface area contributed by atoms with Crippen LogP contribution < -0.4 is 10.6 Å². The summed E-state index contributed by atoms with van der Waals surface area (Å²) in [6.45, 7) is 0.333. The lowest BCUT2D eigenvalue weighted by Crippen LogP contribution is -2.35. The molecule has 5 heteroatoms. The summed E-state index contributed by atoms with van der Waals surface area (Å²) in [7, 11) is 1.59. The first kappa shape index (κ1) is 13.6. The second-order valence-electron chi connectivity index (χ2n) is 3.72. The SMILES string of the molecule is CNC(=O)c1ccc(CNC(CO)CO)cc1. The lowest BCUT2D eigenvalue weighted by atomic mass is 10.1. The van der Waals surface area contributed by atoms with Gasteiger partial charge in [0, 0.05) is 19.2 Å². The number of nitrogens with one attached hydrogen (secondary N) is 2. The molecule has 1 amide bonds. The van der Waals surface area contributed by atoms with Gasteiger partial charge in [-0.15, -0.1) is 0 Å². The van der Waals surface area contributed by atoms with Crippen molar-refractivity contribution in [1.29, 1.82) is 0 Å². The molecule has 0 saturated carbocycles. The van der Waals surface area contributed by atoms with Crippen LogP contribution in [0.15, 0.2) is 24.3 Å². The number of hydrogen-bond acceptors (Lipinski definition) is 4. The Morgan fingerprint density at radius 1 is 1.24 bits per heavy atom. The average Bonchev–Trinajstić information content (AvgIpc) is 2.39. The molecule has 0 aliphatic rings. The summed E-state index contributed by atoms with van der Waals surface area (Å²) < 4.78 is 0. The molecular weight excluding hydrogens is 220 g/mol. The maximum absolute atomic E-state index is 11.3. The third-order valence-corrected chi connectivity index (χ3v) is 2.48. The zero-order valence-electron chi connectivity index (χ0n) is 9.81. The molecule has 0 aliphatic heterocycles. The van der Waals surface area contributed by atoms with E-state index in [-0.39, 0.29) is 25.2 Å². The first-order valence-electron chi connectivity index (χ1n) is 5.47. The minimum atomic E-state index is -0.311. The number of aliphatic hydroxyl groups is 2. The number of carbonyl (C=O) groups is 1. The molecule has 0 fully saturated rings. The van der Waals surface area contributed by atoms with Gasteiger partial charge in [0.05, 0.1) is 19.3 Å². The van der Waals surface area contributed by atoms with E-state index in [9.17, 15) is 4.79 Å². The van der Waals surface area contributed by atoms with Crippen LogP contribution >= 0.6 is 0 Å². The third-order valence-electron chi connectivity index (χ3n) is 2.48. The minimum Gasteiger partial charge on any atom is -0.395 e. The molecule has 1 rings (SSSR count). The molecule has 1 aromatic rings. The van der Waals surface area contributed by atoms with Crippen LogP contribution in [0.3, 0.4) is 0 Å². The summed E-state index contributed by atoms with van der Waals surface area (Å²) in [4.78, 5) is 11.3. The molecule has 4 N–H and O–H groups in total. The van der Waals surface area contributed by atoms with Gasteiger partial charge in [0.1, 0.15) is 0 Å². The normalized spacial score (nSPS) is 10.6. The van der Waals surface area contributed by atoms with Gasteiger partial charge in [-0.05, 0) is 17.7 Å². The highest BCUT2D eigenvalue weighted by molar-refractivity contribution is 5.93. The standard InChI is InChI=1S/C12H18N2O3/c1-13-12(17)10-4-2-9(3-5-10)6-14-11(7-15)8-16/h2-5,11,14-16H,6-8H2,1H3,(H,13,17). The van der Waals surface area contributed by atoms with Gasteiger partial charge in [-0.1, -0.05) is 12.1 Å². The predicted molar refractivity (Wildman–Crippen MR) is 64.6 cm³/mol. The highest BCUT2D eigenvalue weighted by Gasteiger charge is 2.05. The highest BCUT2D eigenvalue weighted by Crippen LogP contribution is 2.04. The van der Waals surface area contributed by atoms with E-state index in [1.807, 2.05) is 12.1 Å². The Hall–Kier alpha value is -1.43. The smallest absolute Gasteiger partial charge is 0.251 e. The summed E-state index contributed by atoms with van der Waals surface area (Å²) in [5.41, 5.74) is 1.60. The van der Waals surface area contributed by atoms with E-state index >= 15 is 0 Å². The van der Waals surface area contributed by atoms with Crippen molar-refractivity contribution >= 4 is 5.91 Å². The maximum atomic E-state index is 11.3. The number of hydrogen-bond donors (Lipinski definition) is 4. The molecule has 0 atom stereocenters. The van der Waals surface area contributed by atoms with Crippen molar-refractivity contribution < 1.29 is 15.0 Å². The van der Waals surface area contributed by atoms with Gasteiger partial charge in [-0.3, -0.25) is 4.79 Å². The van der Waals surface area contributed by atoms with Gasteiger partial charge in [0.2, 0.25) is 0 Å². The fourth-order valence-corrected chi connectivity index (χ4v) is 1.37. The van der Waals surface area contributed by atoms with Gasteiger partial charge in [-0.25, -0.2) is 0 Å². The van der Waals surface area contributed by atoms with Crippen LogP contribution in [-0.4, -0.2) is 42.4 Å². The van der Waals surface area contributed by atoms with E-state index in [1.54, 1.807) is 19.2 Å². The maximum Gasteiger partial charge on any atom is 0.251 e. The molecule has 0 unspecified atom stereocenters.